The first-order valence-corrected chi connectivity index (χ1v) is 13.2. The molecule has 0 heterocycles. The Morgan fingerprint density at radius 1 is 0.758 bits per heavy atom. The summed E-state index contributed by atoms with van der Waals surface area (Å²) in [5, 5.41) is 2.93. The number of ketones is 2. The van der Waals surface area contributed by atoms with Gasteiger partial charge in [0, 0.05) is 28.1 Å². The molecule has 204 valence electrons. The average Bonchev–Trinajstić information content (AvgIpc) is 2.79. The van der Waals surface area contributed by atoms with Crippen LogP contribution in [0.3, 0.4) is 0 Å². The van der Waals surface area contributed by atoms with Gasteiger partial charge in [-0.05, 0) is 32.1 Å². The van der Waals surface area contributed by atoms with Gasteiger partial charge in [-0.25, -0.2) is 0 Å². The number of carbonyl (C=O) groups excluding carboxylic acids is 3. The summed E-state index contributed by atoms with van der Waals surface area (Å²) >= 11 is 0. The standard InChI is InChI=1S/C23H45N3O3.2C2H6.3H2/c1-7-23(5,6)21(29)18(25)13-9-8-12-16-26-19(27)15-11-10-14-17(24)20(28)22(2,3)4;2*1-2;;;/h17-18H,7-16,24-25H2,1-6H3,(H,26,27);2*1-2H3;3*1H. The Hall–Kier alpha value is -1.27. The molecule has 0 spiro atoms. The fourth-order valence-electron chi connectivity index (χ4n) is 3.13. The monoisotopic (exact) mass is 477 g/mol. The Balaban J connectivity index is -0.000000304. The first-order valence-electron chi connectivity index (χ1n) is 13.2. The molecule has 0 saturated heterocycles. The fraction of sp³-hybridized carbons (Fsp3) is 0.889. The minimum atomic E-state index is -0.445. The lowest BCUT2D eigenvalue weighted by Gasteiger charge is -2.24. The summed E-state index contributed by atoms with van der Waals surface area (Å²) in [6.45, 7) is 20.2. The molecule has 33 heavy (non-hydrogen) atoms. The van der Waals surface area contributed by atoms with E-state index in [0.717, 1.165) is 38.5 Å². The zero-order valence-electron chi connectivity index (χ0n) is 23.6. The third-order valence-corrected chi connectivity index (χ3v) is 5.65. The predicted octanol–water partition coefficient (Wildman–Crippen LogP) is 6.29. The van der Waals surface area contributed by atoms with Crippen LogP contribution in [0.5, 0.6) is 0 Å². The summed E-state index contributed by atoms with van der Waals surface area (Å²) in [6, 6.07) is -0.838. The van der Waals surface area contributed by atoms with E-state index >= 15 is 0 Å². The highest BCUT2D eigenvalue weighted by Crippen LogP contribution is 2.23. The normalized spacial score (nSPS) is 13.0. The molecular weight excluding hydrogens is 414 g/mol. The van der Waals surface area contributed by atoms with Crippen LogP contribution in [-0.4, -0.2) is 36.1 Å². The van der Waals surface area contributed by atoms with Gasteiger partial charge in [-0.15, -0.1) is 0 Å². The van der Waals surface area contributed by atoms with Crippen LogP contribution in [-0.2, 0) is 14.4 Å². The van der Waals surface area contributed by atoms with Gasteiger partial charge in [0.05, 0.1) is 12.1 Å². The van der Waals surface area contributed by atoms with Crippen molar-refractivity contribution in [3.05, 3.63) is 0 Å². The maximum atomic E-state index is 12.2. The number of rotatable bonds is 15. The average molecular weight is 478 g/mol. The zero-order chi connectivity index (χ0) is 26.7. The van der Waals surface area contributed by atoms with Gasteiger partial charge >= 0.3 is 0 Å². The highest BCUT2D eigenvalue weighted by atomic mass is 16.1. The first kappa shape index (κ1) is 36.3. The number of unbranched alkanes of at least 4 members (excludes halogenated alkanes) is 3. The molecule has 0 rings (SSSR count). The quantitative estimate of drug-likeness (QED) is 0.240. The number of hydrogen-bond acceptors (Lipinski definition) is 5. The molecule has 0 aliphatic rings. The lowest BCUT2D eigenvalue weighted by atomic mass is 9.81. The van der Waals surface area contributed by atoms with Gasteiger partial charge in [-0.1, -0.05) is 88.5 Å². The van der Waals surface area contributed by atoms with Crippen LogP contribution >= 0.6 is 0 Å². The van der Waals surface area contributed by atoms with E-state index in [2.05, 4.69) is 5.32 Å². The van der Waals surface area contributed by atoms with Gasteiger partial charge in [0.2, 0.25) is 5.91 Å². The van der Waals surface area contributed by atoms with E-state index in [4.69, 9.17) is 11.5 Å². The number of nitrogens with two attached hydrogens (primary N) is 2. The van der Waals surface area contributed by atoms with Gasteiger partial charge in [0.25, 0.3) is 0 Å². The lowest BCUT2D eigenvalue weighted by Crippen LogP contribution is -2.40. The molecule has 0 aromatic heterocycles. The Morgan fingerprint density at radius 2 is 1.21 bits per heavy atom. The third kappa shape index (κ3) is 17.8. The van der Waals surface area contributed by atoms with Crippen molar-refractivity contribution in [3.63, 3.8) is 0 Å². The van der Waals surface area contributed by atoms with Crippen LogP contribution in [0.15, 0.2) is 0 Å². The molecule has 0 aromatic rings. The summed E-state index contributed by atoms with van der Waals surface area (Å²) in [5.74, 6) is 0.246. The van der Waals surface area contributed by atoms with Crippen molar-refractivity contribution < 1.29 is 18.7 Å². The van der Waals surface area contributed by atoms with E-state index in [1.54, 1.807) is 0 Å². The van der Waals surface area contributed by atoms with Gasteiger partial charge in [-0.3, -0.25) is 14.4 Å². The van der Waals surface area contributed by atoms with Crippen LogP contribution in [0.2, 0.25) is 0 Å². The first-order chi connectivity index (χ1) is 15.3. The van der Waals surface area contributed by atoms with Gasteiger partial charge in [0.15, 0.2) is 11.6 Å². The number of Topliss-reactive ketones (excluding diaryl/α,β-unsaturated/α-hetero) is 2. The molecule has 0 saturated carbocycles. The van der Waals surface area contributed by atoms with Crippen LogP contribution in [0, 0.1) is 10.8 Å². The number of amides is 1. The van der Waals surface area contributed by atoms with Gasteiger partial charge in [0.1, 0.15) is 0 Å². The highest BCUT2D eigenvalue weighted by molar-refractivity contribution is 5.89. The van der Waals surface area contributed by atoms with E-state index in [-0.39, 0.29) is 27.2 Å². The second-order valence-corrected chi connectivity index (χ2v) is 9.87. The van der Waals surface area contributed by atoms with E-state index in [9.17, 15) is 14.4 Å². The maximum Gasteiger partial charge on any atom is 0.219 e. The lowest BCUT2D eigenvalue weighted by molar-refractivity contribution is -0.129. The fourth-order valence-corrected chi connectivity index (χ4v) is 3.13. The van der Waals surface area contributed by atoms with Crippen LogP contribution < -0.4 is 16.8 Å². The van der Waals surface area contributed by atoms with Crippen LogP contribution in [0.1, 0.15) is 131 Å². The SMILES string of the molecule is CC.CC.CCC(C)(C)C(=O)C(N)CCCCCNC(=O)CCCCC(N)C(=O)C(C)(C)C.[HH].[HH].[HH]. The molecule has 0 aliphatic heterocycles. The van der Waals surface area contributed by atoms with Crippen molar-refractivity contribution in [1.82, 2.24) is 5.32 Å². The minimum Gasteiger partial charge on any atom is -0.356 e. The summed E-state index contributed by atoms with van der Waals surface area (Å²) in [6.07, 6.45) is 6.81. The van der Waals surface area contributed by atoms with E-state index < -0.39 is 17.5 Å². The predicted molar refractivity (Wildman–Crippen MR) is 148 cm³/mol. The topological polar surface area (TPSA) is 115 Å². The number of nitrogens with one attached hydrogen (secondary N) is 1. The summed E-state index contributed by atoms with van der Waals surface area (Å²) < 4.78 is 0. The van der Waals surface area contributed by atoms with Gasteiger partial charge in [-0.2, -0.15) is 0 Å². The summed E-state index contributed by atoms with van der Waals surface area (Å²) in [5.41, 5.74) is 11.2. The molecule has 2 atom stereocenters. The number of hydrogen-bond donors (Lipinski definition) is 3. The zero-order valence-corrected chi connectivity index (χ0v) is 23.6. The molecule has 0 radical (unpaired) electrons. The smallest absolute Gasteiger partial charge is 0.219 e. The molecular formula is C27H63N3O3. The maximum absolute atomic E-state index is 12.2. The molecule has 6 heteroatoms. The van der Waals surface area contributed by atoms with E-state index in [1.807, 2.05) is 69.2 Å². The van der Waals surface area contributed by atoms with Crippen molar-refractivity contribution >= 4 is 17.5 Å². The summed E-state index contributed by atoms with van der Waals surface area (Å²) in [4.78, 5) is 36.2. The molecule has 5 N–H and O–H groups in total. The largest absolute Gasteiger partial charge is 0.356 e. The van der Waals surface area contributed by atoms with Crippen molar-refractivity contribution in [3.8, 4) is 0 Å². The van der Waals surface area contributed by atoms with Crippen molar-refractivity contribution in [2.45, 2.75) is 139 Å². The Bertz CT molecular complexity index is 540. The Kier molecular flexibility index (Phi) is 22.1. The minimum absolute atomic E-state index is 0. The highest BCUT2D eigenvalue weighted by Gasteiger charge is 2.29. The second-order valence-electron chi connectivity index (χ2n) is 9.87. The van der Waals surface area contributed by atoms with Crippen molar-refractivity contribution in [1.29, 1.82) is 0 Å². The molecule has 0 aliphatic carbocycles. The van der Waals surface area contributed by atoms with E-state index in [1.165, 1.54) is 0 Å². The van der Waals surface area contributed by atoms with Crippen molar-refractivity contribution in [2.24, 2.45) is 22.3 Å². The third-order valence-electron chi connectivity index (χ3n) is 5.65. The van der Waals surface area contributed by atoms with E-state index in [0.29, 0.717) is 25.8 Å². The molecule has 0 aromatic carbocycles. The summed E-state index contributed by atoms with van der Waals surface area (Å²) in [7, 11) is 0. The molecule has 6 nitrogen and oxygen atoms in total. The molecule has 0 fully saturated rings. The molecule has 0 bridgehead atoms. The van der Waals surface area contributed by atoms with Crippen LogP contribution in [0.4, 0.5) is 0 Å². The Morgan fingerprint density at radius 3 is 1.67 bits per heavy atom. The van der Waals surface area contributed by atoms with Crippen molar-refractivity contribution in [2.75, 3.05) is 6.54 Å². The second kappa shape index (κ2) is 20.1. The molecule has 2 unspecified atom stereocenters. The van der Waals surface area contributed by atoms with Gasteiger partial charge < -0.3 is 16.8 Å². The molecule has 1 amide bonds. The Labute approximate surface area is 209 Å². The van der Waals surface area contributed by atoms with Crippen LogP contribution in [0.25, 0.3) is 0 Å². The number of carbonyl (C=O) groups is 3.